The van der Waals surface area contributed by atoms with E-state index >= 15 is 0 Å². The van der Waals surface area contributed by atoms with Crippen LogP contribution >= 0.6 is 0 Å². The van der Waals surface area contributed by atoms with E-state index in [1.165, 1.54) is 0 Å². The van der Waals surface area contributed by atoms with Gasteiger partial charge in [-0.2, -0.15) is 0 Å². The summed E-state index contributed by atoms with van der Waals surface area (Å²) in [5, 5.41) is 9.22. The van der Waals surface area contributed by atoms with Gasteiger partial charge in [-0.25, -0.2) is 0 Å². The summed E-state index contributed by atoms with van der Waals surface area (Å²) in [5.41, 5.74) is 5.51. The summed E-state index contributed by atoms with van der Waals surface area (Å²) in [7, 11) is 5.77. The number of benzene rings is 2. The maximum Gasteiger partial charge on any atom is 0.269 e. The third-order valence-corrected chi connectivity index (χ3v) is 4.14. The number of aromatic amines is 2. The Hall–Kier alpha value is -2.69. The molecule has 0 saturated carbocycles. The number of fused-ring (bicyclic) bond motifs is 2. The molecule has 0 spiro atoms. The first kappa shape index (κ1) is 13.0. The second-order valence-electron chi connectivity index (χ2n) is 5.55. The summed E-state index contributed by atoms with van der Waals surface area (Å²) in [4.78, 5) is 12.3. The van der Waals surface area contributed by atoms with Crippen LogP contribution in [-0.2, 0) is 6.42 Å². The number of rotatable bonds is 1. The lowest BCUT2D eigenvalue weighted by Gasteiger charge is -2.19. The Labute approximate surface area is 129 Å². The quantitative estimate of drug-likeness (QED) is 0.595. The number of aromatic nitrogens is 2. The fraction of sp³-hybridized carbons (Fsp3) is 0.118. The highest BCUT2D eigenvalue weighted by molar-refractivity contribution is 6.32. The van der Waals surface area contributed by atoms with Gasteiger partial charge in [0.2, 0.25) is 0 Å². The summed E-state index contributed by atoms with van der Waals surface area (Å²) in [6, 6.07) is 15.5. The number of hydrogen-bond acceptors (Lipinski definition) is 2. The van der Waals surface area contributed by atoms with E-state index in [9.17, 15) is 4.79 Å². The largest absolute Gasteiger partial charge is 0.374 e. The van der Waals surface area contributed by atoms with Crippen molar-refractivity contribution >= 4 is 19.0 Å². The van der Waals surface area contributed by atoms with E-state index in [0.717, 1.165) is 28.1 Å². The second kappa shape index (κ2) is 4.95. The highest BCUT2D eigenvalue weighted by Gasteiger charge is 2.26. The minimum absolute atomic E-state index is 0.0860. The number of H-pyrrole nitrogens is 2. The van der Waals surface area contributed by atoms with Crippen molar-refractivity contribution in [2.75, 3.05) is 5.32 Å². The van der Waals surface area contributed by atoms with E-state index in [4.69, 9.17) is 7.85 Å². The number of para-hydroxylation sites is 1. The van der Waals surface area contributed by atoms with Crippen molar-refractivity contribution in [2.24, 2.45) is 0 Å². The highest BCUT2D eigenvalue weighted by Crippen LogP contribution is 2.32. The molecule has 5 heteroatoms. The van der Waals surface area contributed by atoms with Crippen LogP contribution in [0.4, 0.5) is 5.69 Å². The van der Waals surface area contributed by atoms with Gasteiger partial charge in [-0.05, 0) is 17.2 Å². The lowest BCUT2D eigenvalue weighted by Crippen LogP contribution is -2.19. The van der Waals surface area contributed by atoms with E-state index in [2.05, 4.69) is 21.6 Å². The molecule has 1 aliphatic heterocycles. The number of anilines is 1. The predicted octanol–water partition coefficient (Wildman–Crippen LogP) is 1.60. The van der Waals surface area contributed by atoms with Crippen LogP contribution in [0.2, 0.25) is 0 Å². The molecule has 2 aromatic carbocycles. The minimum Gasteiger partial charge on any atom is -0.374 e. The van der Waals surface area contributed by atoms with Crippen LogP contribution in [0.3, 0.4) is 0 Å². The highest BCUT2D eigenvalue weighted by atomic mass is 16.1. The Balaban J connectivity index is 1.91. The molecular weight excluding hydrogens is 273 g/mol. The van der Waals surface area contributed by atoms with Gasteiger partial charge in [-0.3, -0.25) is 9.89 Å². The van der Waals surface area contributed by atoms with E-state index < -0.39 is 0 Å². The van der Waals surface area contributed by atoms with Crippen molar-refractivity contribution in [1.82, 2.24) is 10.2 Å². The summed E-state index contributed by atoms with van der Waals surface area (Å²) < 4.78 is 0. The maximum absolute atomic E-state index is 12.3. The molecule has 1 aromatic heterocycles. The fourth-order valence-electron chi connectivity index (χ4n) is 3.02. The Bertz CT molecular complexity index is 879. The van der Waals surface area contributed by atoms with Gasteiger partial charge in [0.25, 0.3) is 5.56 Å². The van der Waals surface area contributed by atoms with Crippen LogP contribution in [0.5, 0.6) is 0 Å². The van der Waals surface area contributed by atoms with Crippen LogP contribution in [0.1, 0.15) is 28.4 Å². The van der Waals surface area contributed by atoms with Crippen molar-refractivity contribution in [3.05, 3.63) is 81.3 Å². The van der Waals surface area contributed by atoms with Gasteiger partial charge in [-0.1, -0.05) is 47.9 Å². The molecule has 0 bridgehead atoms. The lowest BCUT2D eigenvalue weighted by atomic mass is 9.92. The molecule has 0 saturated heterocycles. The molecule has 1 aliphatic rings. The first-order chi connectivity index (χ1) is 10.7. The van der Waals surface area contributed by atoms with E-state index in [-0.39, 0.29) is 11.6 Å². The van der Waals surface area contributed by atoms with Crippen molar-refractivity contribution in [2.45, 2.75) is 12.5 Å². The first-order valence-corrected chi connectivity index (χ1v) is 7.21. The fourth-order valence-corrected chi connectivity index (χ4v) is 3.02. The predicted molar refractivity (Wildman–Crippen MR) is 88.0 cm³/mol. The van der Waals surface area contributed by atoms with Crippen molar-refractivity contribution in [1.29, 1.82) is 0 Å². The molecule has 1 unspecified atom stereocenters. The van der Waals surface area contributed by atoms with Gasteiger partial charge < -0.3 is 10.4 Å². The average Bonchev–Trinajstić information content (AvgIpc) is 2.79. The monoisotopic (exact) mass is 287 g/mol. The molecule has 0 aliphatic carbocycles. The average molecular weight is 287 g/mol. The Morgan fingerprint density at radius 2 is 1.77 bits per heavy atom. The molecule has 1 atom stereocenters. The van der Waals surface area contributed by atoms with Crippen LogP contribution in [0.25, 0.3) is 0 Å². The number of nitrogens with one attached hydrogen (secondary N) is 3. The van der Waals surface area contributed by atoms with Crippen LogP contribution in [0, 0.1) is 0 Å². The summed E-state index contributed by atoms with van der Waals surface area (Å²) >= 11 is 0. The molecule has 0 amide bonds. The van der Waals surface area contributed by atoms with Gasteiger partial charge in [0, 0.05) is 17.8 Å². The molecule has 106 valence electrons. The molecule has 3 aromatic rings. The zero-order valence-corrected chi connectivity index (χ0v) is 11.9. The van der Waals surface area contributed by atoms with Gasteiger partial charge in [-0.15, -0.1) is 0 Å². The molecule has 0 fully saturated rings. The molecule has 22 heavy (non-hydrogen) atoms. The van der Waals surface area contributed by atoms with Crippen LogP contribution in [0.15, 0.2) is 53.3 Å². The smallest absolute Gasteiger partial charge is 0.269 e. The Kier molecular flexibility index (Phi) is 2.93. The maximum atomic E-state index is 12.3. The Morgan fingerprint density at radius 3 is 2.59 bits per heavy atom. The normalized spacial score (nSPS) is 16.3. The molecule has 4 nitrogen and oxygen atoms in total. The Morgan fingerprint density at radius 1 is 1.00 bits per heavy atom. The summed E-state index contributed by atoms with van der Waals surface area (Å²) in [5.74, 6) is 0. The summed E-state index contributed by atoms with van der Waals surface area (Å²) in [6.07, 6.45) is 0.697. The van der Waals surface area contributed by atoms with E-state index in [1.54, 1.807) is 0 Å². The van der Waals surface area contributed by atoms with Gasteiger partial charge in [0.15, 0.2) is 0 Å². The van der Waals surface area contributed by atoms with Gasteiger partial charge >= 0.3 is 0 Å². The molecule has 2 heterocycles. The van der Waals surface area contributed by atoms with Crippen molar-refractivity contribution in [3.8, 4) is 0 Å². The third-order valence-electron chi connectivity index (χ3n) is 4.14. The SMILES string of the molecule is [B]c1ccc(C2Nc3ccccc3Cc3[nH][nH]c(=O)c32)cc1. The van der Waals surface area contributed by atoms with Crippen LogP contribution in [-0.4, -0.2) is 18.0 Å². The second-order valence-corrected chi connectivity index (χ2v) is 5.55. The summed E-state index contributed by atoms with van der Waals surface area (Å²) in [6.45, 7) is 0. The van der Waals surface area contributed by atoms with Crippen molar-refractivity contribution in [3.63, 3.8) is 0 Å². The van der Waals surface area contributed by atoms with Gasteiger partial charge in [0.1, 0.15) is 7.85 Å². The first-order valence-electron chi connectivity index (χ1n) is 7.21. The molecular formula is C17H14BN3O. The zero-order valence-electron chi connectivity index (χ0n) is 11.9. The van der Waals surface area contributed by atoms with E-state index in [1.807, 2.05) is 42.5 Å². The number of hydrogen-bond donors (Lipinski definition) is 3. The topological polar surface area (TPSA) is 60.7 Å². The lowest BCUT2D eigenvalue weighted by molar-refractivity contribution is 0.925. The van der Waals surface area contributed by atoms with Crippen LogP contribution < -0.4 is 16.3 Å². The van der Waals surface area contributed by atoms with Crippen molar-refractivity contribution < 1.29 is 0 Å². The van der Waals surface area contributed by atoms with Gasteiger partial charge in [0.05, 0.1) is 11.6 Å². The zero-order chi connectivity index (χ0) is 15.1. The third kappa shape index (κ3) is 2.06. The minimum atomic E-state index is -0.200. The molecule has 2 radical (unpaired) electrons. The van der Waals surface area contributed by atoms with E-state index in [0.29, 0.717) is 11.9 Å². The molecule has 4 rings (SSSR count). The molecule has 3 N–H and O–H groups in total. The standard InChI is InChI=1S/C17H14BN3O/c18-12-7-5-10(6-8-12)16-15-14(20-21-17(15)22)9-11-3-1-2-4-13(11)19-16/h1-8,16,19H,9H2,(H2,20,21,22).